The summed E-state index contributed by atoms with van der Waals surface area (Å²) in [4.78, 5) is 22.6. The van der Waals surface area contributed by atoms with Gasteiger partial charge in [0.1, 0.15) is 0 Å². The number of carbonyl (C=O) groups excluding carboxylic acids is 2. The number of rotatable bonds is 3. The molecular formula is C11H19NO4. The first-order valence-corrected chi connectivity index (χ1v) is 5.51. The maximum absolute atomic E-state index is 11.5. The third-order valence-electron chi connectivity index (χ3n) is 2.89. The van der Waals surface area contributed by atoms with Crippen LogP contribution >= 0.6 is 0 Å². The highest BCUT2D eigenvalue weighted by molar-refractivity contribution is 5.85. The molecule has 1 N–H and O–H groups in total. The molecule has 92 valence electrons. The van der Waals surface area contributed by atoms with E-state index in [-0.39, 0.29) is 17.8 Å². The topological polar surface area (TPSA) is 64.6 Å². The third kappa shape index (κ3) is 3.48. The van der Waals surface area contributed by atoms with Crippen LogP contribution in [0.2, 0.25) is 0 Å². The maximum Gasteiger partial charge on any atom is 0.407 e. The molecule has 5 heteroatoms. The Kier molecular flexibility index (Phi) is 4.73. The Morgan fingerprint density at radius 1 is 1.50 bits per heavy atom. The van der Waals surface area contributed by atoms with Gasteiger partial charge in [0.25, 0.3) is 0 Å². The van der Waals surface area contributed by atoms with E-state index in [2.05, 4.69) is 10.1 Å². The van der Waals surface area contributed by atoms with Crippen LogP contribution in [0.4, 0.5) is 4.79 Å². The van der Waals surface area contributed by atoms with Gasteiger partial charge in [-0.05, 0) is 32.6 Å². The van der Waals surface area contributed by atoms with Gasteiger partial charge in [0, 0.05) is 6.61 Å². The Balaban J connectivity index is 2.61. The molecular weight excluding hydrogens is 210 g/mol. The summed E-state index contributed by atoms with van der Waals surface area (Å²) >= 11 is 0. The fourth-order valence-electron chi connectivity index (χ4n) is 2.07. The molecule has 1 aliphatic rings. The Morgan fingerprint density at radius 3 is 2.69 bits per heavy atom. The van der Waals surface area contributed by atoms with Crippen LogP contribution in [0.25, 0.3) is 0 Å². The van der Waals surface area contributed by atoms with Crippen molar-refractivity contribution in [1.29, 1.82) is 0 Å². The Labute approximate surface area is 95.5 Å². The number of ether oxygens (including phenoxy) is 2. The lowest BCUT2D eigenvalue weighted by Gasteiger charge is -2.32. The van der Waals surface area contributed by atoms with Crippen molar-refractivity contribution in [1.82, 2.24) is 5.32 Å². The van der Waals surface area contributed by atoms with Gasteiger partial charge < -0.3 is 14.8 Å². The molecule has 1 fully saturated rings. The van der Waals surface area contributed by atoms with Crippen molar-refractivity contribution in [3.05, 3.63) is 0 Å². The molecule has 0 radical (unpaired) electrons. The molecule has 3 atom stereocenters. The lowest BCUT2D eigenvalue weighted by Crippen LogP contribution is -2.47. The van der Waals surface area contributed by atoms with Crippen LogP contribution in [0.1, 0.15) is 26.7 Å². The number of methoxy groups -OCH3 is 1. The third-order valence-corrected chi connectivity index (χ3v) is 2.89. The van der Waals surface area contributed by atoms with Gasteiger partial charge in [-0.3, -0.25) is 4.79 Å². The van der Waals surface area contributed by atoms with E-state index < -0.39 is 12.1 Å². The fourth-order valence-corrected chi connectivity index (χ4v) is 2.07. The van der Waals surface area contributed by atoms with Crippen molar-refractivity contribution < 1.29 is 19.1 Å². The average molecular weight is 229 g/mol. The van der Waals surface area contributed by atoms with Crippen LogP contribution in [0.15, 0.2) is 0 Å². The monoisotopic (exact) mass is 229 g/mol. The van der Waals surface area contributed by atoms with Crippen LogP contribution in [-0.2, 0) is 14.3 Å². The van der Waals surface area contributed by atoms with E-state index in [0.717, 1.165) is 12.8 Å². The first-order chi connectivity index (χ1) is 7.54. The second-order valence-corrected chi connectivity index (χ2v) is 4.19. The van der Waals surface area contributed by atoms with Gasteiger partial charge in [0.05, 0.1) is 19.3 Å². The zero-order valence-electron chi connectivity index (χ0n) is 9.99. The van der Waals surface area contributed by atoms with Crippen molar-refractivity contribution in [2.24, 2.45) is 5.92 Å². The van der Waals surface area contributed by atoms with E-state index in [0.29, 0.717) is 6.61 Å². The first kappa shape index (κ1) is 13.0. The van der Waals surface area contributed by atoms with Gasteiger partial charge >= 0.3 is 6.09 Å². The minimum absolute atomic E-state index is 0.0375. The molecule has 5 nitrogen and oxygen atoms in total. The Bertz CT molecular complexity index is 267. The zero-order chi connectivity index (χ0) is 12.1. The van der Waals surface area contributed by atoms with Gasteiger partial charge in [-0.2, -0.15) is 0 Å². The number of hydrogen-bond acceptors (Lipinski definition) is 4. The quantitative estimate of drug-likeness (QED) is 0.787. The van der Waals surface area contributed by atoms with Crippen LogP contribution in [-0.4, -0.2) is 37.7 Å². The van der Waals surface area contributed by atoms with Gasteiger partial charge in [-0.25, -0.2) is 4.79 Å². The van der Waals surface area contributed by atoms with Crippen molar-refractivity contribution in [3.63, 3.8) is 0 Å². The number of Topliss-reactive ketones (excluding diaryl/α,β-unsaturated/α-hetero) is 1. The summed E-state index contributed by atoms with van der Waals surface area (Å²) in [7, 11) is 1.29. The molecule has 1 amide bonds. The minimum atomic E-state index is -0.556. The van der Waals surface area contributed by atoms with E-state index >= 15 is 0 Å². The Morgan fingerprint density at radius 2 is 2.19 bits per heavy atom. The maximum atomic E-state index is 11.5. The zero-order valence-corrected chi connectivity index (χ0v) is 9.99. The summed E-state index contributed by atoms with van der Waals surface area (Å²) in [5.74, 6) is 0.102. The van der Waals surface area contributed by atoms with Crippen LogP contribution in [0, 0.1) is 5.92 Å². The molecule has 0 aromatic rings. The lowest BCUT2D eigenvalue weighted by molar-refractivity contribution is -0.121. The molecule has 3 unspecified atom stereocenters. The van der Waals surface area contributed by atoms with Gasteiger partial charge in [-0.1, -0.05) is 0 Å². The number of ketones is 1. The SMILES string of the molecule is COC(=O)NC(C(C)=O)C1CCOC(C)C1. The first-order valence-electron chi connectivity index (χ1n) is 5.51. The van der Waals surface area contributed by atoms with E-state index in [1.54, 1.807) is 0 Å². The minimum Gasteiger partial charge on any atom is -0.453 e. The number of alkyl carbamates (subject to hydrolysis) is 1. The molecule has 0 spiro atoms. The fraction of sp³-hybridized carbons (Fsp3) is 0.818. The Hall–Kier alpha value is -1.10. The number of carbonyl (C=O) groups is 2. The summed E-state index contributed by atoms with van der Waals surface area (Å²) in [5.41, 5.74) is 0. The molecule has 0 aliphatic carbocycles. The highest BCUT2D eigenvalue weighted by Crippen LogP contribution is 2.23. The summed E-state index contributed by atoms with van der Waals surface area (Å²) in [6.07, 6.45) is 1.16. The molecule has 0 bridgehead atoms. The standard InChI is InChI=1S/C11H19NO4/c1-7-6-9(4-5-16-7)10(8(2)13)12-11(14)15-3/h7,9-10H,4-6H2,1-3H3,(H,12,14). The molecule has 16 heavy (non-hydrogen) atoms. The molecule has 0 aromatic carbocycles. The smallest absolute Gasteiger partial charge is 0.407 e. The summed E-state index contributed by atoms with van der Waals surface area (Å²) < 4.78 is 9.93. The highest BCUT2D eigenvalue weighted by Gasteiger charge is 2.31. The summed E-state index contributed by atoms with van der Waals surface area (Å²) in [5, 5.41) is 2.59. The molecule has 1 saturated heterocycles. The largest absolute Gasteiger partial charge is 0.453 e. The van der Waals surface area contributed by atoms with E-state index in [9.17, 15) is 9.59 Å². The van der Waals surface area contributed by atoms with Crippen molar-refractivity contribution in [2.45, 2.75) is 38.8 Å². The molecule has 1 rings (SSSR count). The van der Waals surface area contributed by atoms with Gasteiger partial charge in [0.15, 0.2) is 5.78 Å². The number of amides is 1. The van der Waals surface area contributed by atoms with Crippen molar-refractivity contribution in [2.75, 3.05) is 13.7 Å². The predicted molar refractivity (Wildman–Crippen MR) is 58.1 cm³/mol. The van der Waals surface area contributed by atoms with Crippen molar-refractivity contribution in [3.8, 4) is 0 Å². The van der Waals surface area contributed by atoms with Crippen LogP contribution < -0.4 is 5.32 Å². The molecule has 1 aliphatic heterocycles. The molecule has 0 aromatic heterocycles. The van der Waals surface area contributed by atoms with E-state index in [4.69, 9.17) is 4.74 Å². The van der Waals surface area contributed by atoms with Gasteiger partial charge in [0.2, 0.25) is 0 Å². The van der Waals surface area contributed by atoms with E-state index in [1.807, 2.05) is 6.92 Å². The predicted octanol–water partition coefficient (Wildman–Crippen LogP) is 1.12. The number of hydrogen-bond donors (Lipinski definition) is 1. The highest BCUT2D eigenvalue weighted by atomic mass is 16.5. The molecule has 0 saturated carbocycles. The second-order valence-electron chi connectivity index (χ2n) is 4.19. The van der Waals surface area contributed by atoms with Gasteiger partial charge in [-0.15, -0.1) is 0 Å². The van der Waals surface area contributed by atoms with E-state index in [1.165, 1.54) is 14.0 Å². The van der Waals surface area contributed by atoms with Crippen LogP contribution in [0.5, 0.6) is 0 Å². The normalized spacial score (nSPS) is 26.9. The summed E-state index contributed by atoms with van der Waals surface area (Å²) in [6, 6.07) is -0.459. The van der Waals surface area contributed by atoms with Crippen molar-refractivity contribution >= 4 is 11.9 Å². The molecule has 1 heterocycles. The average Bonchev–Trinajstić information content (AvgIpc) is 2.25. The lowest BCUT2D eigenvalue weighted by atomic mass is 9.87. The second kappa shape index (κ2) is 5.84. The van der Waals surface area contributed by atoms with Crippen LogP contribution in [0.3, 0.4) is 0 Å². The number of nitrogens with one attached hydrogen (secondary N) is 1. The summed E-state index contributed by atoms with van der Waals surface area (Å²) in [6.45, 7) is 4.10.